The Balaban J connectivity index is 1.86. The van der Waals surface area contributed by atoms with Crippen molar-refractivity contribution in [2.45, 2.75) is 39.2 Å². The summed E-state index contributed by atoms with van der Waals surface area (Å²) in [6.07, 6.45) is 2.08. The summed E-state index contributed by atoms with van der Waals surface area (Å²) in [5.41, 5.74) is 1.91. The molecule has 0 saturated carbocycles. The predicted molar refractivity (Wildman–Crippen MR) is 86.2 cm³/mol. The molecule has 6 nitrogen and oxygen atoms in total. The molecule has 0 fully saturated rings. The number of hydrogen-bond acceptors (Lipinski definition) is 4. The molecule has 2 heterocycles. The van der Waals surface area contributed by atoms with E-state index in [1.165, 1.54) is 0 Å². The van der Waals surface area contributed by atoms with Gasteiger partial charge in [0.2, 0.25) is 11.8 Å². The first-order valence-corrected chi connectivity index (χ1v) is 7.70. The molecule has 120 valence electrons. The molecule has 0 bridgehead atoms. The number of aromatic nitrogens is 1. The molecule has 0 unspecified atom stereocenters. The quantitative estimate of drug-likeness (QED) is 0.945. The van der Waals surface area contributed by atoms with Crippen LogP contribution in [0.1, 0.15) is 31.1 Å². The van der Waals surface area contributed by atoms with Gasteiger partial charge in [-0.1, -0.05) is 23.4 Å². The first-order valence-electron chi connectivity index (χ1n) is 7.70. The molecule has 1 aromatic carbocycles. The van der Waals surface area contributed by atoms with Gasteiger partial charge in [0.05, 0.1) is 0 Å². The highest BCUT2D eigenvalue weighted by Gasteiger charge is 2.30. The topological polar surface area (TPSA) is 75.4 Å². The number of nitrogens with one attached hydrogen (secondary N) is 1. The van der Waals surface area contributed by atoms with Gasteiger partial charge >= 0.3 is 0 Å². The second kappa shape index (κ2) is 6.24. The Hall–Kier alpha value is -2.63. The average molecular weight is 313 g/mol. The van der Waals surface area contributed by atoms with Crippen LogP contribution in [0, 0.1) is 6.92 Å². The van der Waals surface area contributed by atoms with E-state index in [1.54, 1.807) is 24.8 Å². The van der Waals surface area contributed by atoms with E-state index >= 15 is 0 Å². The molecule has 1 N–H and O–H groups in total. The normalized spacial score (nSPS) is 15.7. The van der Waals surface area contributed by atoms with E-state index in [0.29, 0.717) is 18.0 Å². The average Bonchev–Trinajstić information content (AvgIpc) is 2.85. The highest BCUT2D eigenvalue weighted by atomic mass is 16.5. The van der Waals surface area contributed by atoms with Gasteiger partial charge < -0.3 is 9.84 Å². The van der Waals surface area contributed by atoms with E-state index in [1.807, 2.05) is 24.3 Å². The highest BCUT2D eigenvalue weighted by Crippen LogP contribution is 2.28. The molecule has 2 amide bonds. The lowest BCUT2D eigenvalue weighted by molar-refractivity contribution is -0.123. The summed E-state index contributed by atoms with van der Waals surface area (Å²) in [6, 6.07) is 8.75. The maximum atomic E-state index is 12.5. The summed E-state index contributed by atoms with van der Waals surface area (Å²) >= 11 is 0. The standard InChI is InChI=1S/C17H19N3O3/c1-11-10-15(19-23-11)18-17(22)12(2)20-14-8-4-3-6-13(14)7-5-9-16(20)21/h3-4,6,8,10,12H,5,7,9H2,1-2H3,(H,18,19,22)/t12-/m0/s1. The van der Waals surface area contributed by atoms with E-state index < -0.39 is 6.04 Å². The number of nitrogens with zero attached hydrogens (tertiary/aromatic N) is 2. The molecular weight excluding hydrogens is 294 g/mol. The molecule has 1 aliphatic heterocycles. The minimum Gasteiger partial charge on any atom is -0.360 e. The molecule has 2 aromatic rings. The Morgan fingerprint density at radius 3 is 2.87 bits per heavy atom. The van der Waals surface area contributed by atoms with Gasteiger partial charge in [-0.05, 0) is 38.3 Å². The number of hydrogen-bond donors (Lipinski definition) is 1. The lowest BCUT2D eigenvalue weighted by Gasteiger charge is -2.28. The second-order valence-electron chi connectivity index (χ2n) is 5.73. The summed E-state index contributed by atoms with van der Waals surface area (Å²) in [4.78, 5) is 26.6. The predicted octanol–water partition coefficient (Wildman–Crippen LogP) is 2.68. The van der Waals surface area contributed by atoms with Crippen LogP contribution in [0.5, 0.6) is 0 Å². The molecule has 1 aliphatic rings. The Labute approximate surface area is 134 Å². The molecule has 0 spiro atoms. The van der Waals surface area contributed by atoms with Crippen molar-refractivity contribution in [3.05, 3.63) is 41.7 Å². The lowest BCUT2D eigenvalue weighted by atomic mass is 10.1. The zero-order chi connectivity index (χ0) is 16.4. The number of para-hydroxylation sites is 1. The number of fused-ring (bicyclic) bond motifs is 1. The van der Waals surface area contributed by atoms with Crippen molar-refractivity contribution in [1.29, 1.82) is 0 Å². The van der Waals surface area contributed by atoms with Crippen molar-refractivity contribution in [3.8, 4) is 0 Å². The molecule has 0 saturated heterocycles. The third-order valence-electron chi connectivity index (χ3n) is 4.00. The highest BCUT2D eigenvalue weighted by molar-refractivity contribution is 6.05. The van der Waals surface area contributed by atoms with Crippen LogP contribution in [0.2, 0.25) is 0 Å². The zero-order valence-electron chi connectivity index (χ0n) is 13.2. The van der Waals surface area contributed by atoms with Crippen molar-refractivity contribution in [1.82, 2.24) is 5.16 Å². The van der Waals surface area contributed by atoms with E-state index in [4.69, 9.17) is 4.52 Å². The van der Waals surface area contributed by atoms with Crippen molar-refractivity contribution < 1.29 is 14.1 Å². The van der Waals surface area contributed by atoms with Gasteiger partial charge in [-0.2, -0.15) is 0 Å². The largest absolute Gasteiger partial charge is 0.360 e. The van der Waals surface area contributed by atoms with Crippen LogP contribution >= 0.6 is 0 Å². The van der Waals surface area contributed by atoms with Crippen LogP contribution in [0.25, 0.3) is 0 Å². The second-order valence-corrected chi connectivity index (χ2v) is 5.73. The molecule has 0 aliphatic carbocycles. The Kier molecular flexibility index (Phi) is 4.14. The van der Waals surface area contributed by atoms with Crippen LogP contribution in [0.15, 0.2) is 34.9 Å². The van der Waals surface area contributed by atoms with Crippen molar-refractivity contribution in [2.24, 2.45) is 0 Å². The zero-order valence-corrected chi connectivity index (χ0v) is 13.2. The van der Waals surface area contributed by atoms with Gasteiger partial charge in [-0.25, -0.2) is 0 Å². The molecule has 0 radical (unpaired) electrons. The fourth-order valence-corrected chi connectivity index (χ4v) is 2.84. The summed E-state index contributed by atoms with van der Waals surface area (Å²) in [5.74, 6) is 0.649. The van der Waals surface area contributed by atoms with Gasteiger partial charge in [0.25, 0.3) is 0 Å². The molecule has 6 heteroatoms. The molecule has 1 aromatic heterocycles. The van der Waals surface area contributed by atoms with Crippen LogP contribution < -0.4 is 10.2 Å². The molecule has 1 atom stereocenters. The maximum Gasteiger partial charge on any atom is 0.248 e. The summed E-state index contributed by atoms with van der Waals surface area (Å²) in [7, 11) is 0. The molecule has 3 rings (SSSR count). The third-order valence-corrected chi connectivity index (χ3v) is 4.00. The van der Waals surface area contributed by atoms with Gasteiger partial charge in [0.1, 0.15) is 11.8 Å². The molecule has 23 heavy (non-hydrogen) atoms. The third kappa shape index (κ3) is 3.11. The van der Waals surface area contributed by atoms with E-state index in [9.17, 15) is 9.59 Å². The Morgan fingerprint density at radius 2 is 2.13 bits per heavy atom. The fourth-order valence-electron chi connectivity index (χ4n) is 2.84. The first kappa shape index (κ1) is 15.3. The van der Waals surface area contributed by atoms with Gasteiger partial charge in [-0.15, -0.1) is 0 Å². The first-order chi connectivity index (χ1) is 11.1. The van der Waals surface area contributed by atoms with Crippen molar-refractivity contribution >= 4 is 23.3 Å². The number of benzene rings is 1. The number of amides is 2. The van der Waals surface area contributed by atoms with Gasteiger partial charge in [0.15, 0.2) is 5.82 Å². The van der Waals surface area contributed by atoms with Crippen LogP contribution in [0.4, 0.5) is 11.5 Å². The monoisotopic (exact) mass is 313 g/mol. The number of aryl methyl sites for hydroxylation is 2. The van der Waals surface area contributed by atoms with E-state index in [2.05, 4.69) is 10.5 Å². The summed E-state index contributed by atoms with van der Waals surface area (Å²) in [6.45, 7) is 3.48. The van der Waals surface area contributed by atoms with Crippen LogP contribution in [-0.4, -0.2) is 23.0 Å². The van der Waals surface area contributed by atoms with Crippen molar-refractivity contribution in [2.75, 3.05) is 10.2 Å². The maximum absolute atomic E-state index is 12.5. The summed E-state index contributed by atoms with van der Waals surface area (Å²) in [5, 5.41) is 6.45. The van der Waals surface area contributed by atoms with E-state index in [0.717, 1.165) is 24.1 Å². The Bertz CT molecular complexity index is 738. The van der Waals surface area contributed by atoms with Gasteiger partial charge in [-0.3, -0.25) is 14.5 Å². The number of carbonyl (C=O) groups excluding carboxylic acids is 2. The number of carbonyl (C=O) groups is 2. The lowest BCUT2D eigenvalue weighted by Crippen LogP contribution is -2.45. The number of anilines is 2. The minimum absolute atomic E-state index is 0.0334. The van der Waals surface area contributed by atoms with Crippen LogP contribution in [0.3, 0.4) is 0 Å². The van der Waals surface area contributed by atoms with Gasteiger partial charge in [0, 0.05) is 18.2 Å². The fraction of sp³-hybridized carbons (Fsp3) is 0.353. The van der Waals surface area contributed by atoms with Crippen molar-refractivity contribution in [3.63, 3.8) is 0 Å². The smallest absolute Gasteiger partial charge is 0.248 e. The molecular formula is C17H19N3O3. The van der Waals surface area contributed by atoms with Crippen LogP contribution in [-0.2, 0) is 16.0 Å². The SMILES string of the molecule is Cc1cc(NC(=O)[C@H](C)N2C(=O)CCCc3ccccc32)no1. The number of rotatable bonds is 3. The Morgan fingerprint density at radius 1 is 1.35 bits per heavy atom. The minimum atomic E-state index is -0.626. The van der Waals surface area contributed by atoms with E-state index in [-0.39, 0.29) is 11.8 Å². The summed E-state index contributed by atoms with van der Waals surface area (Å²) < 4.78 is 4.94.